The molecule has 0 aromatic heterocycles. The maximum atomic E-state index is 2.50. The number of hydrogen-bond acceptors (Lipinski definition) is 2. The van der Waals surface area contributed by atoms with Crippen molar-refractivity contribution in [3.63, 3.8) is 0 Å². The minimum atomic E-state index is 0.959. The van der Waals surface area contributed by atoms with Crippen LogP contribution in [0.1, 0.15) is 11.1 Å². The number of rotatable bonds is 2. The minimum absolute atomic E-state index is 0.959. The van der Waals surface area contributed by atoms with E-state index in [0.717, 1.165) is 6.42 Å². The van der Waals surface area contributed by atoms with E-state index in [9.17, 15) is 0 Å². The quantitative estimate of drug-likeness (QED) is 0.238. The number of nitrogens with zero attached hydrogens (tertiary/aromatic N) is 1. The zero-order valence-electron chi connectivity index (χ0n) is 20.2. The summed E-state index contributed by atoms with van der Waals surface area (Å²) in [4.78, 5) is 5.17. The Morgan fingerprint density at radius 3 is 2.35 bits per heavy atom. The van der Waals surface area contributed by atoms with Crippen molar-refractivity contribution in [3.05, 3.63) is 132 Å². The second-order valence-electron chi connectivity index (χ2n) is 9.74. The Balaban J connectivity index is 1.44. The van der Waals surface area contributed by atoms with Crippen molar-refractivity contribution < 1.29 is 0 Å². The summed E-state index contributed by atoms with van der Waals surface area (Å²) in [5.41, 5.74) is 9.00. The van der Waals surface area contributed by atoms with Gasteiger partial charge in [-0.25, -0.2) is 0 Å². The molecule has 174 valence electrons. The molecule has 0 bridgehead atoms. The van der Waals surface area contributed by atoms with Gasteiger partial charge in [-0.2, -0.15) is 0 Å². The van der Waals surface area contributed by atoms with Gasteiger partial charge in [0.2, 0.25) is 0 Å². The van der Waals surface area contributed by atoms with Gasteiger partial charge in [0, 0.05) is 15.2 Å². The van der Waals surface area contributed by atoms with Crippen LogP contribution in [0.5, 0.6) is 0 Å². The van der Waals surface area contributed by atoms with Crippen molar-refractivity contribution in [2.24, 2.45) is 0 Å². The molecule has 37 heavy (non-hydrogen) atoms. The second-order valence-corrected chi connectivity index (χ2v) is 10.8. The van der Waals surface area contributed by atoms with E-state index >= 15 is 0 Å². The van der Waals surface area contributed by atoms with Gasteiger partial charge in [-0.3, -0.25) is 0 Å². The lowest BCUT2D eigenvalue weighted by Crippen LogP contribution is -2.17. The van der Waals surface area contributed by atoms with Crippen LogP contribution in [-0.2, 0) is 6.42 Å². The van der Waals surface area contributed by atoms with E-state index in [0.29, 0.717) is 0 Å². The Morgan fingerprint density at radius 2 is 1.41 bits per heavy atom. The molecule has 6 aromatic carbocycles. The van der Waals surface area contributed by atoms with Gasteiger partial charge in [-0.1, -0.05) is 115 Å². The fraction of sp³-hybridized carbons (Fsp3) is 0.0286. The molecule has 6 aromatic rings. The van der Waals surface area contributed by atoms with Gasteiger partial charge in [0.05, 0.1) is 17.1 Å². The van der Waals surface area contributed by atoms with Gasteiger partial charge in [-0.05, 0) is 69.1 Å². The Labute approximate surface area is 220 Å². The lowest BCUT2D eigenvalue weighted by molar-refractivity contribution is 1.12. The summed E-state index contributed by atoms with van der Waals surface area (Å²) in [7, 11) is 0. The normalized spacial score (nSPS) is 13.6. The summed E-state index contributed by atoms with van der Waals surface area (Å²) in [6.45, 7) is 0. The first-order valence-electron chi connectivity index (χ1n) is 12.8. The van der Waals surface area contributed by atoms with Crippen LogP contribution in [0, 0.1) is 0 Å². The molecule has 0 spiro atoms. The number of hydrogen-bond donors (Lipinski definition) is 0. The van der Waals surface area contributed by atoms with E-state index in [4.69, 9.17) is 0 Å². The highest BCUT2D eigenvalue weighted by Gasteiger charge is 2.30. The van der Waals surface area contributed by atoms with Crippen molar-refractivity contribution in [2.75, 3.05) is 4.90 Å². The fourth-order valence-corrected chi connectivity index (χ4v) is 7.18. The van der Waals surface area contributed by atoms with Gasteiger partial charge in [-0.15, -0.1) is 0 Å². The van der Waals surface area contributed by atoms with Gasteiger partial charge in [0.1, 0.15) is 0 Å². The first-order chi connectivity index (χ1) is 18.3. The first kappa shape index (κ1) is 20.9. The SMILES string of the molecule is C1=Cc2cccc3cc4c(c(c23)C1)Sc1cc(-c2ccccc2)ccc1N4c1cccc2ccccc12. The van der Waals surface area contributed by atoms with Gasteiger partial charge in [0.15, 0.2) is 0 Å². The largest absolute Gasteiger partial charge is 0.308 e. The third kappa shape index (κ3) is 3.19. The van der Waals surface area contributed by atoms with Crippen molar-refractivity contribution in [2.45, 2.75) is 16.2 Å². The lowest BCUT2D eigenvalue weighted by atomic mass is 9.91. The number of fused-ring (bicyclic) bond motifs is 4. The molecule has 0 radical (unpaired) electrons. The molecule has 0 unspecified atom stereocenters. The van der Waals surface area contributed by atoms with Crippen molar-refractivity contribution in [1.29, 1.82) is 0 Å². The van der Waals surface area contributed by atoms with E-state index < -0.39 is 0 Å². The summed E-state index contributed by atoms with van der Waals surface area (Å²) in [5, 5.41) is 5.24. The molecule has 1 nitrogen and oxygen atoms in total. The molecular formula is C35H23NS. The van der Waals surface area contributed by atoms with Crippen LogP contribution in [0.15, 0.2) is 131 Å². The van der Waals surface area contributed by atoms with Crippen LogP contribution in [0.3, 0.4) is 0 Å². The highest BCUT2D eigenvalue weighted by Crippen LogP contribution is 2.56. The molecule has 1 heterocycles. The highest BCUT2D eigenvalue weighted by molar-refractivity contribution is 7.99. The Bertz CT molecular complexity index is 1880. The van der Waals surface area contributed by atoms with Gasteiger partial charge >= 0.3 is 0 Å². The van der Waals surface area contributed by atoms with E-state index in [2.05, 4.69) is 132 Å². The number of benzene rings is 6. The van der Waals surface area contributed by atoms with Gasteiger partial charge < -0.3 is 4.90 Å². The summed E-state index contributed by atoms with van der Waals surface area (Å²) < 4.78 is 0. The van der Waals surface area contributed by atoms with Crippen LogP contribution < -0.4 is 4.90 Å². The molecule has 0 atom stereocenters. The average Bonchev–Trinajstić information content (AvgIpc) is 2.96. The zero-order chi connectivity index (χ0) is 24.3. The van der Waals surface area contributed by atoms with Crippen LogP contribution >= 0.6 is 11.8 Å². The van der Waals surface area contributed by atoms with E-state index in [1.807, 2.05) is 11.8 Å². The third-order valence-electron chi connectivity index (χ3n) is 7.62. The van der Waals surface area contributed by atoms with E-state index in [-0.39, 0.29) is 0 Å². The molecule has 1 aliphatic carbocycles. The zero-order valence-corrected chi connectivity index (χ0v) is 21.0. The second kappa shape index (κ2) is 8.12. The fourth-order valence-electron chi connectivity index (χ4n) is 5.95. The first-order valence-corrected chi connectivity index (χ1v) is 13.6. The molecule has 0 fully saturated rings. The minimum Gasteiger partial charge on any atom is -0.308 e. The van der Waals surface area contributed by atoms with E-state index in [1.54, 1.807) is 0 Å². The van der Waals surface area contributed by atoms with Crippen molar-refractivity contribution >= 4 is 56.4 Å². The topological polar surface area (TPSA) is 3.24 Å². The summed E-state index contributed by atoms with van der Waals surface area (Å²) in [6, 6.07) is 42.1. The number of allylic oxidation sites excluding steroid dienone is 1. The Kier molecular flexibility index (Phi) is 4.58. The molecule has 0 N–H and O–H groups in total. The Hall–Kier alpha value is -4.27. The molecule has 2 aliphatic rings. The van der Waals surface area contributed by atoms with Crippen LogP contribution in [0.2, 0.25) is 0 Å². The van der Waals surface area contributed by atoms with Crippen LogP contribution in [-0.4, -0.2) is 0 Å². The smallest absolute Gasteiger partial charge is 0.0611 e. The van der Waals surface area contributed by atoms with Crippen LogP contribution in [0.4, 0.5) is 17.1 Å². The molecule has 0 saturated heterocycles. The Morgan fingerprint density at radius 1 is 0.595 bits per heavy atom. The van der Waals surface area contributed by atoms with Crippen molar-refractivity contribution in [3.8, 4) is 11.1 Å². The molecule has 8 rings (SSSR count). The summed E-state index contributed by atoms with van der Waals surface area (Å²) in [5.74, 6) is 0. The molecule has 0 saturated carbocycles. The van der Waals surface area contributed by atoms with E-state index in [1.165, 1.54) is 70.7 Å². The maximum absolute atomic E-state index is 2.50. The summed E-state index contributed by atoms with van der Waals surface area (Å²) >= 11 is 1.93. The third-order valence-corrected chi connectivity index (χ3v) is 8.82. The van der Waals surface area contributed by atoms with Crippen molar-refractivity contribution in [1.82, 2.24) is 0 Å². The molecule has 2 heteroatoms. The summed E-state index contributed by atoms with van der Waals surface area (Å²) in [6.07, 6.45) is 5.55. The lowest BCUT2D eigenvalue weighted by Gasteiger charge is -2.36. The monoisotopic (exact) mass is 489 g/mol. The average molecular weight is 490 g/mol. The molecule has 0 amide bonds. The standard InChI is InChI=1S/C35H23NS/c1-2-9-23(10-3-1)26-19-20-31-33(22-26)37-35-29-17-7-14-25-13-6-15-27(34(25)29)21-32(35)36(31)30-18-8-12-24-11-4-5-16-28(24)30/h1-16,18-22H,17H2. The molecular weight excluding hydrogens is 466 g/mol. The predicted octanol–water partition coefficient (Wildman–Crippen LogP) is 10.2. The van der Waals surface area contributed by atoms with Crippen LogP contribution in [0.25, 0.3) is 38.7 Å². The maximum Gasteiger partial charge on any atom is 0.0611 e. The molecule has 1 aliphatic heterocycles. The highest BCUT2D eigenvalue weighted by atomic mass is 32.2. The van der Waals surface area contributed by atoms with Gasteiger partial charge in [0.25, 0.3) is 0 Å². The predicted molar refractivity (Wildman–Crippen MR) is 158 cm³/mol. The number of anilines is 3.